The van der Waals surface area contributed by atoms with Crippen LogP contribution in [-0.2, 0) is 0 Å². The molecule has 0 saturated heterocycles. The van der Waals surface area contributed by atoms with E-state index < -0.39 is 0 Å². The summed E-state index contributed by atoms with van der Waals surface area (Å²) in [6.07, 6.45) is 8.86. The number of hydrogen-bond donors (Lipinski definition) is 2. The van der Waals surface area contributed by atoms with Crippen LogP contribution in [-0.4, -0.2) is 17.8 Å². The number of thiocarbonyl (C=S) groups is 1. The van der Waals surface area contributed by atoms with Gasteiger partial charge < -0.3 is 11.1 Å². The zero-order valence-electron chi connectivity index (χ0n) is 13.0. The molecule has 2 nitrogen and oxygen atoms in total. The third kappa shape index (κ3) is 4.62. The van der Waals surface area contributed by atoms with E-state index in [1.54, 1.807) is 11.8 Å². The van der Waals surface area contributed by atoms with Crippen molar-refractivity contribution >= 4 is 34.7 Å². The van der Waals surface area contributed by atoms with E-state index in [0.29, 0.717) is 4.99 Å². The van der Waals surface area contributed by atoms with Crippen LogP contribution in [0.1, 0.15) is 44.6 Å². The molecule has 2 rings (SSSR count). The van der Waals surface area contributed by atoms with Crippen molar-refractivity contribution in [1.82, 2.24) is 0 Å². The minimum Gasteiger partial charge on any atom is -0.389 e. The Balaban J connectivity index is 1.92. The van der Waals surface area contributed by atoms with Gasteiger partial charge in [-0.05, 0) is 36.6 Å². The SMILES string of the molecule is CSc1cccc(NCCC2CCC(C)CC2)c1C(N)=S. The fourth-order valence-electron chi connectivity index (χ4n) is 3.13. The van der Waals surface area contributed by atoms with Crippen LogP contribution in [0, 0.1) is 11.8 Å². The molecule has 1 aliphatic carbocycles. The summed E-state index contributed by atoms with van der Waals surface area (Å²) in [5.41, 5.74) is 7.98. The Kier molecular flexibility index (Phi) is 6.37. The molecule has 0 aromatic heterocycles. The van der Waals surface area contributed by atoms with E-state index in [1.165, 1.54) is 32.1 Å². The van der Waals surface area contributed by atoms with Crippen LogP contribution in [0.5, 0.6) is 0 Å². The van der Waals surface area contributed by atoms with Gasteiger partial charge in [0.2, 0.25) is 0 Å². The molecule has 1 aliphatic rings. The summed E-state index contributed by atoms with van der Waals surface area (Å²) in [4.78, 5) is 1.63. The summed E-state index contributed by atoms with van der Waals surface area (Å²) < 4.78 is 0. The summed E-state index contributed by atoms with van der Waals surface area (Å²) in [5, 5.41) is 3.55. The maximum Gasteiger partial charge on any atom is 0.107 e. The number of rotatable bonds is 6. The summed E-state index contributed by atoms with van der Waals surface area (Å²) in [6.45, 7) is 3.38. The molecule has 0 heterocycles. The zero-order valence-corrected chi connectivity index (χ0v) is 14.7. The van der Waals surface area contributed by atoms with E-state index in [-0.39, 0.29) is 0 Å². The van der Waals surface area contributed by atoms with E-state index in [1.807, 2.05) is 0 Å². The fraction of sp³-hybridized carbons (Fsp3) is 0.588. The molecule has 1 saturated carbocycles. The van der Waals surface area contributed by atoms with Crippen LogP contribution < -0.4 is 11.1 Å². The highest BCUT2D eigenvalue weighted by Gasteiger charge is 2.18. The average molecular weight is 323 g/mol. The van der Waals surface area contributed by atoms with Gasteiger partial charge in [0.15, 0.2) is 0 Å². The van der Waals surface area contributed by atoms with Crippen molar-refractivity contribution < 1.29 is 0 Å². The first-order valence-corrected chi connectivity index (χ1v) is 9.45. The third-order valence-corrected chi connectivity index (χ3v) is 5.48. The van der Waals surface area contributed by atoms with Crippen LogP contribution in [0.25, 0.3) is 0 Å². The van der Waals surface area contributed by atoms with Gasteiger partial charge in [-0.3, -0.25) is 0 Å². The predicted octanol–water partition coefficient (Wildman–Crippen LogP) is 4.67. The van der Waals surface area contributed by atoms with E-state index >= 15 is 0 Å². The Morgan fingerprint density at radius 2 is 2.05 bits per heavy atom. The van der Waals surface area contributed by atoms with Gasteiger partial charge >= 0.3 is 0 Å². The highest BCUT2D eigenvalue weighted by atomic mass is 32.2. The summed E-state index contributed by atoms with van der Waals surface area (Å²) in [7, 11) is 0. The number of nitrogens with two attached hydrogens (primary N) is 1. The molecule has 4 heteroatoms. The van der Waals surface area contributed by atoms with Crippen molar-refractivity contribution in [2.75, 3.05) is 18.1 Å². The van der Waals surface area contributed by atoms with Gasteiger partial charge in [-0.1, -0.05) is 50.9 Å². The molecule has 1 aromatic carbocycles. The highest BCUT2D eigenvalue weighted by Crippen LogP contribution is 2.31. The maximum atomic E-state index is 5.90. The van der Waals surface area contributed by atoms with Crippen molar-refractivity contribution in [2.24, 2.45) is 17.6 Å². The molecule has 1 fully saturated rings. The topological polar surface area (TPSA) is 38.0 Å². The minimum absolute atomic E-state index is 0.481. The Hall–Kier alpha value is -0.740. The van der Waals surface area contributed by atoms with E-state index in [4.69, 9.17) is 18.0 Å². The first-order chi connectivity index (χ1) is 10.1. The summed E-state index contributed by atoms with van der Waals surface area (Å²) in [6, 6.07) is 6.22. The number of thioether (sulfide) groups is 1. The standard InChI is InChI=1S/C17H26N2S2/c1-12-6-8-13(9-7-12)10-11-19-14-4-3-5-15(21-2)16(14)17(18)20/h3-5,12-13,19H,6-11H2,1-2H3,(H2,18,20). The molecule has 21 heavy (non-hydrogen) atoms. The molecular formula is C17H26N2S2. The normalized spacial score (nSPS) is 22.0. The molecule has 1 aromatic rings. The number of nitrogens with one attached hydrogen (secondary N) is 1. The van der Waals surface area contributed by atoms with Crippen molar-refractivity contribution in [2.45, 2.75) is 43.9 Å². The van der Waals surface area contributed by atoms with Crippen molar-refractivity contribution in [3.63, 3.8) is 0 Å². The van der Waals surface area contributed by atoms with Gasteiger partial charge in [0, 0.05) is 22.7 Å². The molecule has 0 radical (unpaired) electrons. The molecule has 3 N–H and O–H groups in total. The maximum absolute atomic E-state index is 5.90. The van der Waals surface area contributed by atoms with Gasteiger partial charge in [-0.25, -0.2) is 0 Å². The summed E-state index contributed by atoms with van der Waals surface area (Å²) >= 11 is 6.91. The number of anilines is 1. The lowest BCUT2D eigenvalue weighted by atomic mass is 9.81. The first-order valence-electron chi connectivity index (χ1n) is 7.82. The van der Waals surface area contributed by atoms with E-state index in [9.17, 15) is 0 Å². The van der Waals surface area contributed by atoms with E-state index in [0.717, 1.165) is 34.5 Å². The van der Waals surface area contributed by atoms with Crippen LogP contribution in [0.2, 0.25) is 0 Å². The molecule has 0 spiro atoms. The second-order valence-electron chi connectivity index (χ2n) is 6.09. The van der Waals surface area contributed by atoms with Gasteiger partial charge in [0.25, 0.3) is 0 Å². The van der Waals surface area contributed by atoms with Gasteiger partial charge in [0.05, 0.1) is 0 Å². The van der Waals surface area contributed by atoms with Crippen molar-refractivity contribution in [1.29, 1.82) is 0 Å². The molecule has 0 unspecified atom stereocenters. The Morgan fingerprint density at radius 1 is 1.33 bits per heavy atom. The smallest absolute Gasteiger partial charge is 0.107 e. The predicted molar refractivity (Wildman–Crippen MR) is 98.3 cm³/mol. The highest BCUT2D eigenvalue weighted by molar-refractivity contribution is 7.98. The van der Waals surface area contributed by atoms with Crippen LogP contribution >= 0.6 is 24.0 Å². The van der Waals surface area contributed by atoms with Gasteiger partial charge in [-0.15, -0.1) is 11.8 Å². The molecule has 116 valence electrons. The average Bonchev–Trinajstić information content (AvgIpc) is 2.48. The Morgan fingerprint density at radius 3 is 2.67 bits per heavy atom. The van der Waals surface area contributed by atoms with Crippen LogP contribution in [0.3, 0.4) is 0 Å². The molecule has 0 amide bonds. The van der Waals surface area contributed by atoms with Crippen LogP contribution in [0.4, 0.5) is 5.69 Å². The summed E-state index contributed by atoms with van der Waals surface area (Å²) in [5.74, 6) is 1.80. The second kappa shape index (κ2) is 8.04. The largest absolute Gasteiger partial charge is 0.389 e. The third-order valence-electron chi connectivity index (χ3n) is 4.50. The lowest BCUT2D eigenvalue weighted by molar-refractivity contribution is 0.282. The molecule has 0 bridgehead atoms. The van der Waals surface area contributed by atoms with Crippen LogP contribution in [0.15, 0.2) is 23.1 Å². The number of benzene rings is 1. The van der Waals surface area contributed by atoms with Gasteiger partial charge in [-0.2, -0.15) is 0 Å². The minimum atomic E-state index is 0.481. The Bertz CT molecular complexity index is 480. The molecule has 0 atom stereocenters. The van der Waals surface area contributed by atoms with E-state index in [2.05, 4.69) is 36.7 Å². The van der Waals surface area contributed by atoms with Crippen molar-refractivity contribution in [3.05, 3.63) is 23.8 Å². The van der Waals surface area contributed by atoms with Crippen molar-refractivity contribution in [3.8, 4) is 0 Å². The monoisotopic (exact) mass is 322 g/mol. The van der Waals surface area contributed by atoms with Gasteiger partial charge in [0.1, 0.15) is 4.99 Å². The second-order valence-corrected chi connectivity index (χ2v) is 7.38. The quantitative estimate of drug-likeness (QED) is 0.589. The Labute approximate surface area is 138 Å². The fourth-order valence-corrected chi connectivity index (χ4v) is 4.05. The lowest BCUT2D eigenvalue weighted by Crippen LogP contribution is -2.18. The first kappa shape index (κ1) is 16.6. The lowest BCUT2D eigenvalue weighted by Gasteiger charge is -2.26. The molecular weight excluding hydrogens is 296 g/mol. The number of hydrogen-bond acceptors (Lipinski definition) is 3. The zero-order chi connectivity index (χ0) is 15.2. The molecule has 0 aliphatic heterocycles.